The van der Waals surface area contributed by atoms with E-state index in [0.29, 0.717) is 6.61 Å². The Morgan fingerprint density at radius 1 is 1.29 bits per heavy atom. The number of ether oxygens (including phenoxy) is 1. The Morgan fingerprint density at radius 3 is 2.57 bits per heavy atom. The number of aryl methyl sites for hydroxylation is 1. The van der Waals surface area contributed by atoms with Crippen LogP contribution in [0.5, 0.6) is 0 Å². The molecule has 21 heavy (non-hydrogen) atoms. The van der Waals surface area contributed by atoms with Crippen molar-refractivity contribution in [2.45, 2.75) is 26.8 Å². The minimum atomic E-state index is -0.320. The van der Waals surface area contributed by atoms with Gasteiger partial charge in [0.05, 0.1) is 25.7 Å². The SMILES string of the molecule is CCOC(=O)CN(C)CC(=O)NC(C)c1ccccc1C. The van der Waals surface area contributed by atoms with Crippen molar-refractivity contribution in [1.29, 1.82) is 0 Å². The highest BCUT2D eigenvalue weighted by molar-refractivity contribution is 5.79. The predicted octanol–water partition coefficient (Wildman–Crippen LogP) is 1.67. The first kappa shape index (κ1) is 17.2. The van der Waals surface area contributed by atoms with Gasteiger partial charge in [0.2, 0.25) is 5.91 Å². The van der Waals surface area contributed by atoms with E-state index in [1.165, 1.54) is 0 Å². The lowest BCUT2D eigenvalue weighted by Crippen LogP contribution is -2.39. The van der Waals surface area contributed by atoms with Crippen LogP contribution in [0.25, 0.3) is 0 Å². The van der Waals surface area contributed by atoms with Gasteiger partial charge in [-0.15, -0.1) is 0 Å². The molecule has 5 nitrogen and oxygen atoms in total. The minimum Gasteiger partial charge on any atom is -0.465 e. The van der Waals surface area contributed by atoms with E-state index in [1.54, 1.807) is 18.9 Å². The summed E-state index contributed by atoms with van der Waals surface area (Å²) >= 11 is 0. The minimum absolute atomic E-state index is 0.0605. The van der Waals surface area contributed by atoms with Crippen molar-refractivity contribution in [3.63, 3.8) is 0 Å². The smallest absolute Gasteiger partial charge is 0.320 e. The van der Waals surface area contributed by atoms with Crippen LogP contribution >= 0.6 is 0 Å². The first-order chi connectivity index (χ1) is 9.93. The van der Waals surface area contributed by atoms with Crippen LogP contribution < -0.4 is 5.32 Å². The summed E-state index contributed by atoms with van der Waals surface area (Å²) in [7, 11) is 1.72. The molecule has 0 bridgehead atoms. The quantitative estimate of drug-likeness (QED) is 0.777. The normalized spacial score (nSPS) is 12.0. The van der Waals surface area contributed by atoms with Crippen LogP contribution in [-0.2, 0) is 14.3 Å². The molecule has 1 N–H and O–H groups in total. The molecule has 0 aliphatic carbocycles. The molecule has 0 aliphatic rings. The molecule has 1 rings (SSSR count). The van der Waals surface area contributed by atoms with Gasteiger partial charge in [0.15, 0.2) is 0 Å². The number of nitrogens with one attached hydrogen (secondary N) is 1. The Balaban J connectivity index is 2.46. The topological polar surface area (TPSA) is 58.6 Å². The summed E-state index contributed by atoms with van der Waals surface area (Å²) < 4.78 is 4.85. The van der Waals surface area contributed by atoms with Gasteiger partial charge in [-0.1, -0.05) is 24.3 Å². The van der Waals surface area contributed by atoms with Crippen LogP contribution in [0, 0.1) is 6.92 Å². The maximum atomic E-state index is 12.0. The first-order valence-electron chi connectivity index (χ1n) is 7.13. The number of rotatable bonds is 7. The summed E-state index contributed by atoms with van der Waals surface area (Å²) in [6.07, 6.45) is 0. The maximum absolute atomic E-state index is 12.0. The average Bonchev–Trinajstić information content (AvgIpc) is 2.38. The van der Waals surface area contributed by atoms with E-state index in [9.17, 15) is 9.59 Å². The zero-order valence-electron chi connectivity index (χ0n) is 13.2. The van der Waals surface area contributed by atoms with Crippen molar-refractivity contribution in [2.75, 3.05) is 26.7 Å². The maximum Gasteiger partial charge on any atom is 0.320 e. The Morgan fingerprint density at radius 2 is 1.95 bits per heavy atom. The fourth-order valence-corrected chi connectivity index (χ4v) is 2.17. The van der Waals surface area contributed by atoms with Gasteiger partial charge in [-0.3, -0.25) is 14.5 Å². The molecule has 5 heteroatoms. The van der Waals surface area contributed by atoms with Crippen LogP contribution in [0.1, 0.15) is 31.0 Å². The lowest BCUT2D eigenvalue weighted by atomic mass is 10.0. The Bertz CT molecular complexity index is 488. The lowest BCUT2D eigenvalue weighted by Gasteiger charge is -2.19. The summed E-state index contributed by atoms with van der Waals surface area (Å²) in [6, 6.07) is 7.89. The fraction of sp³-hybridized carbons (Fsp3) is 0.500. The molecule has 0 saturated heterocycles. The molecule has 0 saturated carbocycles. The number of carbonyl (C=O) groups is 2. The predicted molar refractivity (Wildman–Crippen MR) is 81.9 cm³/mol. The molecule has 1 amide bonds. The van der Waals surface area contributed by atoms with Crippen LogP contribution in [-0.4, -0.2) is 43.5 Å². The van der Waals surface area contributed by atoms with Gasteiger partial charge in [0.25, 0.3) is 0 Å². The zero-order chi connectivity index (χ0) is 15.8. The van der Waals surface area contributed by atoms with Crippen LogP contribution in [0.3, 0.4) is 0 Å². The van der Waals surface area contributed by atoms with Crippen LogP contribution in [0.4, 0.5) is 0 Å². The van der Waals surface area contributed by atoms with Crippen molar-refractivity contribution < 1.29 is 14.3 Å². The number of nitrogens with zero attached hydrogens (tertiary/aromatic N) is 1. The molecule has 0 spiro atoms. The lowest BCUT2D eigenvalue weighted by molar-refractivity contribution is -0.144. The van der Waals surface area contributed by atoms with Crippen molar-refractivity contribution >= 4 is 11.9 Å². The van der Waals surface area contributed by atoms with Gasteiger partial charge >= 0.3 is 5.97 Å². The number of hydrogen-bond acceptors (Lipinski definition) is 4. The number of carbonyl (C=O) groups excluding carboxylic acids is 2. The van der Waals surface area contributed by atoms with E-state index in [-0.39, 0.29) is 31.0 Å². The van der Waals surface area contributed by atoms with Gasteiger partial charge in [-0.25, -0.2) is 0 Å². The summed E-state index contributed by atoms with van der Waals surface area (Å²) in [5.41, 5.74) is 2.24. The van der Waals surface area contributed by atoms with Crippen LogP contribution in [0.15, 0.2) is 24.3 Å². The Hall–Kier alpha value is -1.88. The van der Waals surface area contributed by atoms with Gasteiger partial charge < -0.3 is 10.1 Å². The van der Waals surface area contributed by atoms with Crippen LogP contribution in [0.2, 0.25) is 0 Å². The monoisotopic (exact) mass is 292 g/mol. The molecule has 116 valence electrons. The molecule has 0 aromatic heterocycles. The highest BCUT2D eigenvalue weighted by atomic mass is 16.5. The number of benzene rings is 1. The molecule has 0 aliphatic heterocycles. The van der Waals surface area contributed by atoms with Crippen molar-refractivity contribution in [3.8, 4) is 0 Å². The standard InChI is InChI=1S/C16H24N2O3/c1-5-21-16(20)11-18(4)10-15(19)17-13(3)14-9-7-6-8-12(14)2/h6-9,13H,5,10-11H2,1-4H3,(H,17,19). The third-order valence-corrected chi connectivity index (χ3v) is 3.15. The third-order valence-electron chi connectivity index (χ3n) is 3.15. The highest BCUT2D eigenvalue weighted by Gasteiger charge is 2.14. The first-order valence-corrected chi connectivity index (χ1v) is 7.13. The van der Waals surface area contributed by atoms with Gasteiger partial charge in [-0.05, 0) is 38.9 Å². The molecule has 1 aromatic rings. The fourth-order valence-electron chi connectivity index (χ4n) is 2.17. The van der Waals surface area contributed by atoms with E-state index in [1.807, 2.05) is 38.1 Å². The zero-order valence-corrected chi connectivity index (χ0v) is 13.2. The second-order valence-corrected chi connectivity index (χ2v) is 5.12. The number of esters is 1. The van der Waals surface area contributed by atoms with Crippen molar-refractivity contribution in [2.24, 2.45) is 0 Å². The van der Waals surface area contributed by atoms with E-state index < -0.39 is 0 Å². The summed E-state index contributed by atoms with van der Waals surface area (Å²) in [4.78, 5) is 24.9. The molecule has 1 atom stereocenters. The second-order valence-electron chi connectivity index (χ2n) is 5.12. The number of hydrogen-bond donors (Lipinski definition) is 1. The molecule has 0 radical (unpaired) electrons. The van der Waals surface area contributed by atoms with E-state index in [0.717, 1.165) is 11.1 Å². The summed E-state index contributed by atoms with van der Waals surface area (Å²) in [5, 5.41) is 2.94. The molecule has 1 aromatic carbocycles. The number of likely N-dealkylation sites (N-methyl/N-ethyl adjacent to an activating group) is 1. The molecule has 0 fully saturated rings. The van der Waals surface area contributed by atoms with E-state index >= 15 is 0 Å². The highest BCUT2D eigenvalue weighted by Crippen LogP contribution is 2.16. The summed E-state index contributed by atoms with van der Waals surface area (Å²) in [5.74, 6) is -0.433. The Kier molecular flexibility index (Phi) is 6.88. The second kappa shape index (κ2) is 8.42. The van der Waals surface area contributed by atoms with E-state index in [4.69, 9.17) is 4.74 Å². The van der Waals surface area contributed by atoms with Crippen molar-refractivity contribution in [3.05, 3.63) is 35.4 Å². The average molecular weight is 292 g/mol. The van der Waals surface area contributed by atoms with Gasteiger partial charge in [0.1, 0.15) is 0 Å². The molecule has 1 unspecified atom stereocenters. The molecule has 0 heterocycles. The van der Waals surface area contributed by atoms with Crippen molar-refractivity contribution in [1.82, 2.24) is 10.2 Å². The van der Waals surface area contributed by atoms with E-state index in [2.05, 4.69) is 5.32 Å². The Labute approximate surface area is 126 Å². The molecular weight excluding hydrogens is 268 g/mol. The largest absolute Gasteiger partial charge is 0.465 e. The summed E-state index contributed by atoms with van der Waals surface area (Å²) in [6.45, 7) is 6.35. The third kappa shape index (κ3) is 5.95. The van der Waals surface area contributed by atoms with Gasteiger partial charge in [0, 0.05) is 0 Å². The number of amides is 1. The molecular formula is C16H24N2O3. The van der Waals surface area contributed by atoms with Gasteiger partial charge in [-0.2, -0.15) is 0 Å².